The standard InChI is InChI=1S/C26H31ClFN4O7P/c1-15(17(3)34)13-40(36,39-21-7-5-4-6-18(21)9-8-16(2)33)37-12-22-23(35)26(27,28)24(38-22)19-10-11-20-25(29)30-14-31-32(19)20/h4-7,10-11,14-15,22-24,35H,8-9,12-13H2,1-3H3,(H2,29,30,31)/t15-,22-,23?,24+,26-,40?/m1/s1. The molecule has 0 saturated carbocycles. The normalized spacial score (nSPS) is 25.0. The van der Waals surface area contributed by atoms with Crippen LogP contribution in [0.25, 0.3) is 5.52 Å². The summed E-state index contributed by atoms with van der Waals surface area (Å²) in [6, 6.07) is 9.79. The number of nitrogens with zero attached hydrogens (tertiary/aromatic N) is 3. The zero-order valence-electron chi connectivity index (χ0n) is 22.2. The van der Waals surface area contributed by atoms with Crippen molar-refractivity contribution in [2.24, 2.45) is 5.92 Å². The molecule has 3 heterocycles. The molecule has 1 saturated heterocycles. The minimum atomic E-state index is -4.08. The van der Waals surface area contributed by atoms with Crippen LogP contribution in [0.2, 0.25) is 0 Å². The van der Waals surface area contributed by atoms with Gasteiger partial charge < -0.3 is 24.9 Å². The van der Waals surface area contributed by atoms with E-state index in [9.17, 15) is 19.3 Å². The number of rotatable bonds is 12. The lowest BCUT2D eigenvalue weighted by atomic mass is 10.1. The second-order valence-corrected chi connectivity index (χ2v) is 12.5. The quantitative estimate of drug-likeness (QED) is 0.231. The zero-order chi connectivity index (χ0) is 29.2. The predicted molar refractivity (Wildman–Crippen MR) is 145 cm³/mol. The van der Waals surface area contributed by atoms with Crippen LogP contribution in [0.5, 0.6) is 5.75 Å². The van der Waals surface area contributed by atoms with Crippen LogP contribution in [-0.2, 0) is 29.8 Å². The third-order valence-corrected chi connectivity index (χ3v) is 9.20. The van der Waals surface area contributed by atoms with Gasteiger partial charge in [0.25, 0.3) is 0 Å². The smallest absolute Gasteiger partial charge is 0.380 e. The zero-order valence-corrected chi connectivity index (χ0v) is 23.8. The Kier molecular flexibility index (Phi) is 8.96. The van der Waals surface area contributed by atoms with E-state index in [2.05, 4.69) is 10.1 Å². The molecule has 6 atom stereocenters. The highest BCUT2D eigenvalue weighted by molar-refractivity contribution is 7.54. The van der Waals surface area contributed by atoms with Crippen LogP contribution in [0.15, 0.2) is 42.7 Å². The number of ketones is 2. The number of nitrogens with two attached hydrogens (primary N) is 1. The molecule has 4 rings (SSSR count). The molecule has 216 valence electrons. The number of aliphatic hydroxyl groups excluding tert-OH is 1. The van der Waals surface area contributed by atoms with E-state index >= 15 is 4.39 Å². The van der Waals surface area contributed by atoms with E-state index in [1.54, 1.807) is 37.3 Å². The van der Waals surface area contributed by atoms with E-state index < -0.39 is 43.6 Å². The van der Waals surface area contributed by atoms with E-state index in [1.807, 2.05) is 0 Å². The number of halogens is 2. The molecule has 1 aliphatic heterocycles. The maximum absolute atomic E-state index is 15.7. The molecule has 0 spiro atoms. The molecule has 40 heavy (non-hydrogen) atoms. The van der Waals surface area contributed by atoms with Gasteiger partial charge in [-0.3, -0.25) is 9.32 Å². The van der Waals surface area contributed by atoms with Gasteiger partial charge in [-0.15, -0.1) is 0 Å². The van der Waals surface area contributed by atoms with Crippen LogP contribution in [0, 0.1) is 5.92 Å². The molecule has 1 aliphatic rings. The number of fused-ring (bicyclic) bond motifs is 1. The summed E-state index contributed by atoms with van der Waals surface area (Å²) in [6.45, 7) is 3.84. The Balaban J connectivity index is 1.57. The predicted octanol–water partition coefficient (Wildman–Crippen LogP) is 4.05. The average Bonchev–Trinajstić information content (AvgIpc) is 3.41. The van der Waals surface area contributed by atoms with Crippen LogP contribution in [0.3, 0.4) is 0 Å². The third-order valence-electron chi connectivity index (χ3n) is 6.77. The van der Waals surface area contributed by atoms with E-state index in [4.69, 9.17) is 31.1 Å². The monoisotopic (exact) mass is 596 g/mol. The third kappa shape index (κ3) is 6.37. The van der Waals surface area contributed by atoms with Crippen LogP contribution in [0.4, 0.5) is 10.2 Å². The van der Waals surface area contributed by atoms with Crippen molar-refractivity contribution in [1.82, 2.24) is 14.6 Å². The molecule has 0 amide bonds. The van der Waals surface area contributed by atoms with Crippen molar-refractivity contribution in [3.8, 4) is 5.75 Å². The summed E-state index contributed by atoms with van der Waals surface area (Å²) in [5.41, 5.74) is 7.05. The number of aliphatic hydroxyl groups is 1. The fourth-order valence-electron chi connectivity index (χ4n) is 4.34. The summed E-state index contributed by atoms with van der Waals surface area (Å²) in [5, 5.41) is 12.0. The van der Waals surface area contributed by atoms with Gasteiger partial charge >= 0.3 is 7.60 Å². The number of hydrogen-bond acceptors (Lipinski definition) is 10. The van der Waals surface area contributed by atoms with Gasteiger partial charge in [0.2, 0.25) is 5.13 Å². The fourth-order valence-corrected chi connectivity index (χ4v) is 6.66. The van der Waals surface area contributed by atoms with Crippen LogP contribution in [0.1, 0.15) is 44.6 Å². The molecule has 0 aliphatic carbocycles. The van der Waals surface area contributed by atoms with Crippen molar-refractivity contribution in [3.05, 3.63) is 54.0 Å². The van der Waals surface area contributed by atoms with Crippen molar-refractivity contribution in [2.75, 3.05) is 18.5 Å². The topological polar surface area (TPSA) is 155 Å². The average molecular weight is 597 g/mol. The summed E-state index contributed by atoms with van der Waals surface area (Å²) >= 11 is 6.14. The fraction of sp³-hybridized carbons (Fsp3) is 0.462. The van der Waals surface area contributed by atoms with E-state index in [0.29, 0.717) is 17.5 Å². The number of Topliss-reactive ketones (excluding diaryl/α,β-unsaturated/α-hetero) is 2. The van der Waals surface area contributed by atoms with Crippen LogP contribution in [-0.4, -0.2) is 61.4 Å². The first-order valence-corrected chi connectivity index (χ1v) is 14.7. The Hall–Kier alpha value is -2.89. The Morgan fingerprint density at radius 2 is 2.02 bits per heavy atom. The summed E-state index contributed by atoms with van der Waals surface area (Å²) in [7, 11) is -4.08. The van der Waals surface area contributed by atoms with E-state index in [1.165, 1.54) is 30.8 Å². The summed E-state index contributed by atoms with van der Waals surface area (Å²) in [6.07, 6.45) is -3.23. The minimum absolute atomic E-state index is 0.0259. The highest BCUT2D eigenvalue weighted by atomic mass is 35.5. The number of ether oxygens (including phenoxy) is 1. The Morgan fingerprint density at radius 3 is 2.73 bits per heavy atom. The van der Waals surface area contributed by atoms with Crippen molar-refractivity contribution < 1.29 is 37.4 Å². The molecule has 1 fully saturated rings. The lowest BCUT2D eigenvalue weighted by Crippen LogP contribution is -2.38. The van der Waals surface area contributed by atoms with Crippen molar-refractivity contribution in [1.29, 1.82) is 0 Å². The first kappa shape index (κ1) is 30.1. The molecule has 0 radical (unpaired) electrons. The Morgan fingerprint density at radius 1 is 1.30 bits per heavy atom. The molecule has 1 aromatic carbocycles. The van der Waals surface area contributed by atoms with Gasteiger partial charge in [0.15, 0.2) is 11.9 Å². The number of hydrogen-bond donors (Lipinski definition) is 2. The van der Waals surface area contributed by atoms with Gasteiger partial charge in [-0.1, -0.05) is 36.7 Å². The second kappa shape index (κ2) is 11.9. The molecular weight excluding hydrogens is 566 g/mol. The van der Waals surface area contributed by atoms with E-state index in [0.717, 1.165) is 0 Å². The number of benzene rings is 1. The number of para-hydroxylation sites is 1. The van der Waals surface area contributed by atoms with Gasteiger partial charge in [0.05, 0.1) is 18.5 Å². The van der Waals surface area contributed by atoms with Crippen molar-refractivity contribution in [3.63, 3.8) is 0 Å². The molecule has 3 N–H and O–H groups in total. The number of anilines is 1. The lowest BCUT2D eigenvalue weighted by Gasteiger charge is -2.25. The summed E-state index contributed by atoms with van der Waals surface area (Å²) in [4.78, 5) is 27.4. The van der Waals surface area contributed by atoms with Gasteiger partial charge in [-0.25, -0.2) is 18.5 Å². The van der Waals surface area contributed by atoms with Crippen molar-refractivity contribution in [2.45, 2.75) is 57.1 Å². The molecule has 3 aromatic rings. The molecule has 2 aromatic heterocycles. The molecule has 11 nitrogen and oxygen atoms in total. The highest BCUT2D eigenvalue weighted by Crippen LogP contribution is 2.53. The number of alkyl halides is 2. The summed E-state index contributed by atoms with van der Waals surface area (Å²) in [5.74, 6) is -0.577. The van der Waals surface area contributed by atoms with Crippen molar-refractivity contribution >= 4 is 42.1 Å². The largest absolute Gasteiger partial charge is 0.424 e. The number of nitrogen functional groups attached to an aromatic ring is 1. The molecule has 0 bridgehead atoms. The van der Waals surface area contributed by atoms with Crippen LogP contribution >= 0.6 is 19.2 Å². The van der Waals surface area contributed by atoms with Crippen LogP contribution < -0.4 is 10.3 Å². The maximum atomic E-state index is 15.7. The maximum Gasteiger partial charge on any atom is 0.380 e. The Labute approximate surface area is 235 Å². The van der Waals surface area contributed by atoms with Gasteiger partial charge in [-0.05, 0) is 44.0 Å². The van der Waals surface area contributed by atoms with E-state index in [-0.39, 0.29) is 41.4 Å². The SMILES string of the molecule is CC(=O)CCc1ccccc1OP(=O)(C[C@@H](C)C(C)=O)OC[C@H]1O[C@@H](c2ccc3c(N)ncnn23)[C@@](F)(Cl)C1O. The molecular formula is C26H31ClFN4O7P. The first-order valence-electron chi connectivity index (χ1n) is 12.6. The first-order chi connectivity index (χ1) is 18.8. The minimum Gasteiger partial charge on any atom is -0.424 e. The Bertz CT molecular complexity index is 1450. The molecule has 2 unspecified atom stereocenters. The number of carbonyl (C=O) groups is 2. The number of carbonyl (C=O) groups excluding carboxylic acids is 2. The number of aromatic nitrogens is 3. The second-order valence-electron chi connectivity index (χ2n) is 9.88. The molecule has 14 heteroatoms. The summed E-state index contributed by atoms with van der Waals surface area (Å²) < 4.78 is 48.3. The van der Waals surface area contributed by atoms with Gasteiger partial charge in [0.1, 0.15) is 41.4 Å². The highest BCUT2D eigenvalue weighted by Gasteiger charge is 2.58. The van der Waals surface area contributed by atoms with Gasteiger partial charge in [0, 0.05) is 12.3 Å². The number of aryl methyl sites for hydroxylation is 1. The lowest BCUT2D eigenvalue weighted by molar-refractivity contribution is -0.120. The van der Waals surface area contributed by atoms with Gasteiger partial charge in [-0.2, -0.15) is 5.10 Å².